The monoisotopic (exact) mass is 353 g/mol. The molecule has 1 N–H and O–H groups in total. The fourth-order valence-electron chi connectivity index (χ4n) is 2.42. The minimum atomic E-state index is -5.32. The summed E-state index contributed by atoms with van der Waals surface area (Å²) in [6.45, 7) is 1.03. The van der Waals surface area contributed by atoms with Crippen molar-refractivity contribution in [3.05, 3.63) is 24.3 Å². The molecule has 1 saturated heterocycles. The Morgan fingerprint density at radius 3 is 2.48 bits per heavy atom. The van der Waals surface area contributed by atoms with Gasteiger partial charge in [0, 0.05) is 19.4 Å². The van der Waals surface area contributed by atoms with Crippen LogP contribution in [0.3, 0.4) is 0 Å². The van der Waals surface area contributed by atoms with Gasteiger partial charge in [0.1, 0.15) is 0 Å². The lowest BCUT2D eigenvalue weighted by Crippen LogP contribution is -2.37. The second kappa shape index (κ2) is 7.06. The third-order valence-electron chi connectivity index (χ3n) is 3.58. The number of benzene rings is 1. The van der Waals surface area contributed by atoms with Crippen LogP contribution in [0.15, 0.2) is 29.2 Å². The Hall–Kier alpha value is -1.32. The third kappa shape index (κ3) is 4.15. The maximum absolute atomic E-state index is 12.5. The average Bonchev–Trinajstić information content (AvgIpc) is 3.00. The predicted octanol–water partition coefficient (Wildman–Crippen LogP) is 2.59. The molecule has 5 nitrogen and oxygen atoms in total. The first-order valence-corrected chi connectivity index (χ1v) is 8.52. The van der Waals surface area contributed by atoms with Crippen molar-refractivity contribution in [2.24, 2.45) is 0 Å². The average molecular weight is 353 g/mol. The van der Waals surface area contributed by atoms with E-state index in [2.05, 4.69) is 5.32 Å². The zero-order valence-corrected chi connectivity index (χ0v) is 13.3. The predicted molar refractivity (Wildman–Crippen MR) is 77.9 cm³/mol. The van der Waals surface area contributed by atoms with E-state index in [4.69, 9.17) is 9.47 Å². The Labute approximate surface area is 132 Å². The SMILES string of the molecule is COC[C@@H](Nc1ccc(S(=O)(=O)C(F)(F)F)cc1)[C@@H]1CCCO1. The van der Waals surface area contributed by atoms with Gasteiger partial charge in [-0.15, -0.1) is 0 Å². The molecule has 0 bridgehead atoms. The Bertz CT molecular complexity index is 610. The number of sulfone groups is 1. The highest BCUT2D eigenvalue weighted by atomic mass is 32.2. The number of hydrogen-bond acceptors (Lipinski definition) is 5. The molecule has 0 aromatic heterocycles. The lowest BCUT2D eigenvalue weighted by Gasteiger charge is -2.24. The van der Waals surface area contributed by atoms with Crippen LogP contribution >= 0.6 is 0 Å². The minimum Gasteiger partial charge on any atom is -0.382 e. The quantitative estimate of drug-likeness (QED) is 0.852. The molecule has 1 aliphatic rings. The highest BCUT2D eigenvalue weighted by Crippen LogP contribution is 2.31. The molecule has 1 heterocycles. The summed E-state index contributed by atoms with van der Waals surface area (Å²) >= 11 is 0. The van der Waals surface area contributed by atoms with Crippen molar-refractivity contribution >= 4 is 15.5 Å². The van der Waals surface area contributed by atoms with Gasteiger partial charge >= 0.3 is 5.51 Å². The van der Waals surface area contributed by atoms with E-state index in [0.29, 0.717) is 18.9 Å². The molecule has 2 atom stereocenters. The summed E-state index contributed by atoms with van der Waals surface area (Å²) in [7, 11) is -3.78. The van der Waals surface area contributed by atoms with Gasteiger partial charge in [-0.2, -0.15) is 13.2 Å². The molecular formula is C14H18F3NO4S. The van der Waals surface area contributed by atoms with Gasteiger partial charge in [0.15, 0.2) is 0 Å². The zero-order valence-electron chi connectivity index (χ0n) is 12.5. The zero-order chi connectivity index (χ0) is 17.1. The summed E-state index contributed by atoms with van der Waals surface area (Å²) in [6, 6.07) is 4.31. The third-order valence-corrected chi connectivity index (χ3v) is 5.08. The van der Waals surface area contributed by atoms with Crippen LogP contribution in [-0.2, 0) is 19.3 Å². The molecule has 0 unspecified atom stereocenters. The van der Waals surface area contributed by atoms with E-state index in [1.54, 1.807) is 7.11 Å². The number of anilines is 1. The maximum atomic E-state index is 12.5. The highest BCUT2D eigenvalue weighted by Gasteiger charge is 2.46. The first kappa shape index (κ1) is 18.0. The van der Waals surface area contributed by atoms with Crippen LogP contribution in [0.4, 0.5) is 18.9 Å². The van der Waals surface area contributed by atoms with Crippen molar-refractivity contribution in [3.8, 4) is 0 Å². The molecule has 1 aliphatic heterocycles. The minimum absolute atomic E-state index is 0.0477. The van der Waals surface area contributed by atoms with E-state index in [9.17, 15) is 21.6 Å². The lowest BCUT2D eigenvalue weighted by atomic mass is 10.1. The number of ether oxygens (including phenoxy) is 2. The molecule has 0 amide bonds. The number of methoxy groups -OCH3 is 1. The van der Waals surface area contributed by atoms with Crippen molar-refractivity contribution in [1.29, 1.82) is 0 Å². The standard InChI is InChI=1S/C14H18F3NO4S/c1-21-9-12(13-3-2-8-22-13)18-10-4-6-11(7-5-10)23(19,20)14(15,16)17/h4-7,12-13,18H,2-3,8-9H2,1H3/t12-,13+/m1/s1. The van der Waals surface area contributed by atoms with E-state index in [1.807, 2.05) is 0 Å². The van der Waals surface area contributed by atoms with Crippen molar-refractivity contribution < 1.29 is 31.1 Å². The highest BCUT2D eigenvalue weighted by molar-refractivity contribution is 7.92. The topological polar surface area (TPSA) is 64.6 Å². The molecule has 1 fully saturated rings. The van der Waals surface area contributed by atoms with Crippen LogP contribution in [0, 0.1) is 0 Å². The lowest BCUT2D eigenvalue weighted by molar-refractivity contribution is -0.0436. The molecule has 130 valence electrons. The van der Waals surface area contributed by atoms with E-state index in [0.717, 1.165) is 25.0 Å². The van der Waals surface area contributed by atoms with Crippen LogP contribution in [0.2, 0.25) is 0 Å². The smallest absolute Gasteiger partial charge is 0.382 e. The van der Waals surface area contributed by atoms with Gasteiger partial charge < -0.3 is 14.8 Å². The molecule has 0 spiro atoms. The first-order chi connectivity index (χ1) is 10.8. The Morgan fingerprint density at radius 2 is 2.00 bits per heavy atom. The van der Waals surface area contributed by atoms with Crippen molar-refractivity contribution in [2.45, 2.75) is 35.4 Å². The van der Waals surface area contributed by atoms with E-state index in [-0.39, 0.29) is 12.1 Å². The normalized spacial score (nSPS) is 20.4. The first-order valence-electron chi connectivity index (χ1n) is 7.04. The second-order valence-corrected chi connectivity index (χ2v) is 7.17. The van der Waals surface area contributed by atoms with Crippen LogP contribution in [-0.4, -0.2) is 46.4 Å². The molecule has 0 radical (unpaired) electrons. The van der Waals surface area contributed by atoms with Crippen LogP contribution in [0.1, 0.15) is 12.8 Å². The van der Waals surface area contributed by atoms with E-state index in [1.165, 1.54) is 12.1 Å². The van der Waals surface area contributed by atoms with Crippen molar-refractivity contribution in [1.82, 2.24) is 0 Å². The molecule has 23 heavy (non-hydrogen) atoms. The number of rotatable bonds is 6. The summed E-state index contributed by atoms with van der Waals surface area (Å²) in [4.78, 5) is -0.782. The van der Waals surface area contributed by atoms with E-state index >= 15 is 0 Å². The molecule has 1 aromatic carbocycles. The molecular weight excluding hydrogens is 335 g/mol. The van der Waals surface area contributed by atoms with Gasteiger partial charge in [-0.05, 0) is 37.1 Å². The molecule has 9 heteroatoms. The van der Waals surface area contributed by atoms with Crippen molar-refractivity contribution in [3.63, 3.8) is 0 Å². The molecule has 0 saturated carbocycles. The largest absolute Gasteiger partial charge is 0.501 e. The second-order valence-electron chi connectivity index (χ2n) is 5.23. The maximum Gasteiger partial charge on any atom is 0.501 e. The summed E-state index contributed by atoms with van der Waals surface area (Å²) in [5.74, 6) is 0. The number of hydrogen-bond donors (Lipinski definition) is 1. The summed E-state index contributed by atoms with van der Waals surface area (Å²) < 4.78 is 70.8. The Kier molecular flexibility index (Phi) is 5.53. The molecule has 1 aromatic rings. The Morgan fingerprint density at radius 1 is 1.35 bits per heavy atom. The summed E-state index contributed by atoms with van der Waals surface area (Å²) in [5, 5.41) is 3.11. The van der Waals surface area contributed by atoms with Gasteiger partial charge in [-0.1, -0.05) is 0 Å². The fourth-order valence-corrected chi connectivity index (χ4v) is 3.18. The Balaban J connectivity index is 2.12. The summed E-state index contributed by atoms with van der Waals surface area (Å²) in [5.41, 5.74) is -4.80. The molecule has 2 rings (SSSR count). The van der Waals surface area contributed by atoms with Gasteiger partial charge in [0.05, 0.1) is 23.6 Å². The van der Waals surface area contributed by atoms with Gasteiger partial charge in [-0.25, -0.2) is 8.42 Å². The summed E-state index contributed by atoms with van der Waals surface area (Å²) in [6.07, 6.45) is 1.75. The fraction of sp³-hybridized carbons (Fsp3) is 0.571. The number of alkyl halides is 3. The van der Waals surface area contributed by atoms with Gasteiger partial charge in [0.25, 0.3) is 9.84 Å². The van der Waals surface area contributed by atoms with Crippen LogP contribution < -0.4 is 5.32 Å². The van der Waals surface area contributed by atoms with Gasteiger partial charge in [-0.3, -0.25) is 0 Å². The van der Waals surface area contributed by atoms with Crippen molar-refractivity contribution in [2.75, 3.05) is 25.6 Å². The van der Waals surface area contributed by atoms with Gasteiger partial charge in [0.2, 0.25) is 0 Å². The van der Waals surface area contributed by atoms with E-state index < -0.39 is 20.2 Å². The van der Waals surface area contributed by atoms with Crippen LogP contribution in [0.25, 0.3) is 0 Å². The van der Waals surface area contributed by atoms with Crippen LogP contribution in [0.5, 0.6) is 0 Å². The molecule has 0 aliphatic carbocycles. The number of nitrogens with one attached hydrogen (secondary N) is 1. The number of halogens is 3.